The highest BCUT2D eigenvalue weighted by molar-refractivity contribution is 5.88. The molecule has 0 fully saturated rings. The minimum atomic E-state index is -1.38. The summed E-state index contributed by atoms with van der Waals surface area (Å²) < 4.78 is 17.9. The van der Waals surface area contributed by atoms with Gasteiger partial charge >= 0.3 is 0 Å². The molecule has 0 amide bonds. The number of carboxylic acids is 1. The van der Waals surface area contributed by atoms with Crippen molar-refractivity contribution >= 4 is 5.97 Å². The zero-order valence-corrected chi connectivity index (χ0v) is 8.59. The maximum atomic E-state index is 12.7. The molecular weight excluding hydrogens is 225 g/mol. The van der Waals surface area contributed by atoms with E-state index in [1.165, 1.54) is 42.6 Å². The zero-order valence-electron chi connectivity index (χ0n) is 8.59. The number of nitrogens with zero attached hydrogens (tertiary/aromatic N) is 1. The van der Waals surface area contributed by atoms with Gasteiger partial charge in [0.15, 0.2) is 0 Å². The van der Waals surface area contributed by atoms with E-state index >= 15 is 0 Å². The molecule has 1 aromatic carbocycles. The summed E-state index contributed by atoms with van der Waals surface area (Å²) in [6, 6.07) is 7.95. The van der Waals surface area contributed by atoms with Crippen LogP contribution < -0.4 is 9.84 Å². The number of ether oxygens (including phenoxy) is 1. The van der Waals surface area contributed by atoms with Crippen molar-refractivity contribution in [3.05, 3.63) is 54.0 Å². The summed E-state index contributed by atoms with van der Waals surface area (Å²) in [6.07, 6.45) is 1.39. The molecule has 0 atom stereocenters. The van der Waals surface area contributed by atoms with Gasteiger partial charge in [0.2, 0.25) is 5.88 Å². The summed E-state index contributed by atoms with van der Waals surface area (Å²) in [4.78, 5) is 14.6. The lowest BCUT2D eigenvalue weighted by Crippen LogP contribution is -2.23. The Morgan fingerprint density at radius 1 is 1.24 bits per heavy atom. The van der Waals surface area contributed by atoms with E-state index in [0.717, 1.165) is 0 Å². The Hall–Kier alpha value is -2.43. The first kappa shape index (κ1) is 11.1. The fourth-order valence-corrected chi connectivity index (χ4v) is 1.24. The van der Waals surface area contributed by atoms with Gasteiger partial charge < -0.3 is 14.6 Å². The molecule has 17 heavy (non-hydrogen) atoms. The molecule has 0 radical (unpaired) electrons. The van der Waals surface area contributed by atoms with Gasteiger partial charge in [0.1, 0.15) is 11.6 Å². The van der Waals surface area contributed by atoms with Crippen LogP contribution in [0, 0.1) is 5.82 Å². The minimum absolute atomic E-state index is 0.0842. The molecule has 0 unspecified atom stereocenters. The molecule has 0 saturated heterocycles. The average molecular weight is 232 g/mol. The largest absolute Gasteiger partial charge is 0.545 e. The van der Waals surface area contributed by atoms with Gasteiger partial charge in [0, 0.05) is 6.20 Å². The normalized spacial score (nSPS) is 9.94. The van der Waals surface area contributed by atoms with Gasteiger partial charge in [-0.25, -0.2) is 9.37 Å². The Labute approximate surface area is 96.3 Å². The second-order valence-electron chi connectivity index (χ2n) is 3.20. The Kier molecular flexibility index (Phi) is 3.00. The van der Waals surface area contributed by atoms with Crippen molar-refractivity contribution in [1.29, 1.82) is 0 Å². The molecule has 0 saturated carbocycles. The van der Waals surface area contributed by atoms with Crippen molar-refractivity contribution in [2.45, 2.75) is 0 Å². The van der Waals surface area contributed by atoms with Crippen LogP contribution in [0.15, 0.2) is 42.6 Å². The summed E-state index contributed by atoms with van der Waals surface area (Å²) in [5.74, 6) is -1.57. The number of pyridine rings is 1. The molecule has 1 aromatic heterocycles. The molecular formula is C12H7FNO3-. The molecule has 2 aromatic rings. The molecule has 4 nitrogen and oxygen atoms in total. The van der Waals surface area contributed by atoms with E-state index in [2.05, 4.69) is 4.98 Å². The Morgan fingerprint density at radius 2 is 1.94 bits per heavy atom. The highest BCUT2D eigenvalue weighted by atomic mass is 19.1. The van der Waals surface area contributed by atoms with Crippen LogP contribution >= 0.6 is 0 Å². The van der Waals surface area contributed by atoms with Crippen LogP contribution in [0.2, 0.25) is 0 Å². The number of halogens is 1. The van der Waals surface area contributed by atoms with E-state index in [1.807, 2.05) is 0 Å². The quantitative estimate of drug-likeness (QED) is 0.801. The van der Waals surface area contributed by atoms with Crippen LogP contribution in [-0.2, 0) is 0 Å². The number of hydrogen-bond donors (Lipinski definition) is 0. The van der Waals surface area contributed by atoms with Gasteiger partial charge in [-0.05, 0) is 36.4 Å². The monoisotopic (exact) mass is 232 g/mol. The fourth-order valence-electron chi connectivity index (χ4n) is 1.24. The van der Waals surface area contributed by atoms with Gasteiger partial charge in [0.25, 0.3) is 0 Å². The maximum absolute atomic E-state index is 12.7. The van der Waals surface area contributed by atoms with Gasteiger partial charge in [-0.1, -0.05) is 0 Å². The summed E-state index contributed by atoms with van der Waals surface area (Å²) in [5, 5.41) is 10.8. The lowest BCUT2D eigenvalue weighted by Gasteiger charge is -2.09. The van der Waals surface area contributed by atoms with Crippen molar-refractivity contribution < 1.29 is 19.0 Å². The minimum Gasteiger partial charge on any atom is -0.545 e. The van der Waals surface area contributed by atoms with Gasteiger partial charge in [-0.2, -0.15) is 0 Å². The van der Waals surface area contributed by atoms with Crippen molar-refractivity contribution in [2.24, 2.45) is 0 Å². The second-order valence-corrected chi connectivity index (χ2v) is 3.20. The molecule has 5 heteroatoms. The summed E-state index contributed by atoms with van der Waals surface area (Å²) in [7, 11) is 0. The molecule has 0 N–H and O–H groups in total. The number of aromatic carboxylic acids is 1. The zero-order chi connectivity index (χ0) is 12.3. The van der Waals surface area contributed by atoms with Gasteiger partial charge in [-0.15, -0.1) is 0 Å². The molecule has 86 valence electrons. The lowest BCUT2D eigenvalue weighted by atomic mass is 10.3. The first-order valence-electron chi connectivity index (χ1n) is 4.76. The highest BCUT2D eigenvalue weighted by Gasteiger charge is 2.06. The van der Waals surface area contributed by atoms with Crippen molar-refractivity contribution in [3.63, 3.8) is 0 Å². The number of carboxylic acid groups (broad SMARTS) is 1. The smallest absolute Gasteiger partial charge is 0.228 e. The number of carbonyl (C=O) groups excluding carboxylic acids is 1. The number of hydrogen-bond acceptors (Lipinski definition) is 4. The Balaban J connectivity index is 2.30. The molecule has 0 spiro atoms. The third-order valence-corrected chi connectivity index (χ3v) is 2.02. The molecule has 0 bridgehead atoms. The first-order valence-corrected chi connectivity index (χ1v) is 4.76. The molecule has 0 aliphatic heterocycles. The summed E-state index contributed by atoms with van der Waals surface area (Å²) in [5.41, 5.74) is -0.156. The predicted molar refractivity (Wildman–Crippen MR) is 55.0 cm³/mol. The third kappa shape index (κ3) is 2.57. The predicted octanol–water partition coefficient (Wildman–Crippen LogP) is 1.38. The van der Waals surface area contributed by atoms with E-state index < -0.39 is 11.8 Å². The standard InChI is InChI=1S/C12H8FNO3/c13-8-3-5-9(6-4-8)17-11-10(12(15)16)2-1-7-14-11/h1-7H,(H,15,16)/p-1. The number of aromatic nitrogens is 1. The van der Waals surface area contributed by atoms with Crippen LogP contribution in [0.1, 0.15) is 10.4 Å². The molecule has 0 aliphatic rings. The maximum Gasteiger partial charge on any atom is 0.228 e. The van der Waals surface area contributed by atoms with Gasteiger partial charge in [-0.3, -0.25) is 0 Å². The van der Waals surface area contributed by atoms with Gasteiger partial charge in [0.05, 0.1) is 11.5 Å². The topological polar surface area (TPSA) is 62.2 Å². The van der Waals surface area contributed by atoms with E-state index in [1.54, 1.807) is 0 Å². The number of carbonyl (C=O) groups is 1. The SMILES string of the molecule is O=C([O-])c1cccnc1Oc1ccc(F)cc1. The third-order valence-electron chi connectivity index (χ3n) is 2.02. The molecule has 0 aliphatic carbocycles. The van der Waals surface area contributed by atoms with E-state index in [-0.39, 0.29) is 11.4 Å². The van der Waals surface area contributed by atoms with E-state index in [9.17, 15) is 14.3 Å². The van der Waals surface area contributed by atoms with Crippen molar-refractivity contribution in [3.8, 4) is 11.6 Å². The van der Waals surface area contributed by atoms with Crippen molar-refractivity contribution in [2.75, 3.05) is 0 Å². The van der Waals surface area contributed by atoms with Crippen LogP contribution in [0.25, 0.3) is 0 Å². The average Bonchev–Trinajstić information content (AvgIpc) is 2.32. The van der Waals surface area contributed by atoms with E-state index in [0.29, 0.717) is 5.75 Å². The second kappa shape index (κ2) is 4.61. The Morgan fingerprint density at radius 3 is 2.59 bits per heavy atom. The Bertz CT molecular complexity index is 540. The fraction of sp³-hybridized carbons (Fsp3) is 0. The van der Waals surface area contributed by atoms with Crippen LogP contribution in [0.5, 0.6) is 11.6 Å². The number of rotatable bonds is 3. The number of benzene rings is 1. The van der Waals surface area contributed by atoms with Crippen LogP contribution in [0.4, 0.5) is 4.39 Å². The summed E-state index contributed by atoms with van der Waals surface area (Å²) in [6.45, 7) is 0. The van der Waals surface area contributed by atoms with Crippen LogP contribution in [-0.4, -0.2) is 11.0 Å². The molecule has 1 heterocycles. The summed E-state index contributed by atoms with van der Waals surface area (Å²) >= 11 is 0. The highest BCUT2D eigenvalue weighted by Crippen LogP contribution is 2.22. The van der Waals surface area contributed by atoms with E-state index in [4.69, 9.17) is 4.74 Å². The molecule has 2 rings (SSSR count). The lowest BCUT2D eigenvalue weighted by molar-refractivity contribution is -0.255. The first-order chi connectivity index (χ1) is 8.16. The van der Waals surface area contributed by atoms with Crippen LogP contribution in [0.3, 0.4) is 0 Å². The van der Waals surface area contributed by atoms with Crippen molar-refractivity contribution in [1.82, 2.24) is 4.98 Å².